The molecule has 29 heavy (non-hydrogen) atoms. The van der Waals surface area contributed by atoms with E-state index in [1.807, 2.05) is 24.3 Å². The number of aromatic nitrogens is 1. The highest BCUT2D eigenvalue weighted by molar-refractivity contribution is 5.96. The van der Waals surface area contributed by atoms with Gasteiger partial charge in [-0.15, -0.1) is 0 Å². The van der Waals surface area contributed by atoms with Crippen molar-refractivity contribution in [3.63, 3.8) is 0 Å². The number of nitrogens with one attached hydrogen (secondary N) is 2. The lowest BCUT2D eigenvalue weighted by atomic mass is 10.1. The number of carbonyl (C=O) groups is 1. The Morgan fingerprint density at radius 1 is 1.07 bits per heavy atom. The van der Waals surface area contributed by atoms with Crippen molar-refractivity contribution in [1.82, 2.24) is 9.88 Å². The lowest BCUT2D eigenvalue weighted by molar-refractivity contribution is -0.121. The number of hydrogen-bond donors (Lipinski definition) is 2. The molecule has 0 bridgehead atoms. The summed E-state index contributed by atoms with van der Waals surface area (Å²) in [6, 6.07) is 14.5. The second kappa shape index (κ2) is 9.55. The molecule has 0 radical (unpaired) electrons. The van der Waals surface area contributed by atoms with Gasteiger partial charge in [-0.25, -0.2) is 0 Å². The Bertz CT molecular complexity index is 1020. The highest BCUT2D eigenvalue weighted by Gasteiger charge is 2.06. The van der Waals surface area contributed by atoms with Crippen LogP contribution >= 0.6 is 0 Å². The number of benzene rings is 2. The van der Waals surface area contributed by atoms with Gasteiger partial charge in [-0.05, 0) is 74.1 Å². The first kappa shape index (κ1) is 20.8. The Balaban J connectivity index is 1.39. The molecule has 0 saturated carbocycles. The minimum Gasteiger partial charge on any atom is -0.352 e. The monoisotopic (exact) mass is 389 g/mol. The Kier molecular flexibility index (Phi) is 6.86. The quantitative estimate of drug-likeness (QED) is 0.367. The van der Waals surface area contributed by atoms with Crippen LogP contribution in [0, 0.1) is 19.3 Å². The second-order valence-electron chi connectivity index (χ2n) is 7.94. The van der Waals surface area contributed by atoms with Gasteiger partial charge in [0.2, 0.25) is 5.91 Å². The zero-order valence-electron chi connectivity index (χ0n) is 17.7. The minimum absolute atomic E-state index is 0.0969. The van der Waals surface area contributed by atoms with E-state index in [-0.39, 0.29) is 5.91 Å². The van der Waals surface area contributed by atoms with E-state index in [1.165, 1.54) is 22.0 Å². The maximum Gasteiger partial charge on any atom is 0.220 e. The van der Waals surface area contributed by atoms with Gasteiger partial charge in [-0.2, -0.15) is 0 Å². The standard InChI is InChI=1S/C25H31N3O/c1-18-14-19(2)23-11-13-28(24(23)15-18)12-6-4-5-10-25(29)27-17-21-8-7-9-22(16-21)20(3)26/h7-9,11,13-16,26H,4-6,10,12,17H2,1-3H3,(H,27,29). The van der Waals surface area contributed by atoms with Gasteiger partial charge in [-0.1, -0.05) is 30.7 Å². The molecular formula is C25H31N3O. The van der Waals surface area contributed by atoms with E-state index >= 15 is 0 Å². The molecule has 0 spiro atoms. The van der Waals surface area contributed by atoms with Crippen LogP contribution in [0.1, 0.15) is 54.9 Å². The molecule has 152 valence electrons. The van der Waals surface area contributed by atoms with E-state index in [0.29, 0.717) is 18.7 Å². The van der Waals surface area contributed by atoms with Gasteiger partial charge < -0.3 is 15.3 Å². The summed E-state index contributed by atoms with van der Waals surface area (Å²) < 4.78 is 2.33. The average molecular weight is 390 g/mol. The van der Waals surface area contributed by atoms with Crippen LogP contribution in [-0.2, 0) is 17.9 Å². The Hall–Kier alpha value is -2.88. The summed E-state index contributed by atoms with van der Waals surface area (Å²) >= 11 is 0. The maximum atomic E-state index is 12.1. The van der Waals surface area contributed by atoms with E-state index in [9.17, 15) is 4.79 Å². The number of unbranched alkanes of at least 4 members (excludes halogenated alkanes) is 2. The number of hydrogen-bond acceptors (Lipinski definition) is 2. The number of rotatable bonds is 9. The molecule has 3 rings (SSSR count). The predicted molar refractivity (Wildman–Crippen MR) is 121 cm³/mol. The molecule has 0 fully saturated rings. The number of fused-ring (bicyclic) bond motifs is 1. The summed E-state index contributed by atoms with van der Waals surface area (Å²) in [4.78, 5) is 12.1. The van der Waals surface area contributed by atoms with Crippen molar-refractivity contribution in [3.05, 3.63) is 70.9 Å². The largest absolute Gasteiger partial charge is 0.352 e. The fourth-order valence-corrected chi connectivity index (χ4v) is 3.80. The zero-order valence-corrected chi connectivity index (χ0v) is 17.7. The first-order valence-corrected chi connectivity index (χ1v) is 10.4. The SMILES string of the molecule is CC(=N)c1cccc(CNC(=O)CCCCCn2ccc3c(C)cc(C)cc32)c1. The van der Waals surface area contributed by atoms with Crippen LogP contribution in [0.15, 0.2) is 48.7 Å². The van der Waals surface area contributed by atoms with Crippen molar-refractivity contribution in [2.75, 3.05) is 0 Å². The summed E-state index contributed by atoms with van der Waals surface area (Å²) in [5.41, 5.74) is 6.42. The summed E-state index contributed by atoms with van der Waals surface area (Å²) in [6.45, 7) is 7.60. The van der Waals surface area contributed by atoms with Gasteiger partial charge in [0.25, 0.3) is 0 Å². The molecule has 1 heterocycles. The molecule has 0 saturated heterocycles. The fourth-order valence-electron chi connectivity index (χ4n) is 3.80. The van der Waals surface area contributed by atoms with Crippen LogP contribution in [0.5, 0.6) is 0 Å². The molecule has 1 aromatic heterocycles. The van der Waals surface area contributed by atoms with Crippen molar-refractivity contribution in [1.29, 1.82) is 5.41 Å². The van der Waals surface area contributed by atoms with Gasteiger partial charge in [0.05, 0.1) is 0 Å². The van der Waals surface area contributed by atoms with Crippen molar-refractivity contribution < 1.29 is 4.79 Å². The maximum absolute atomic E-state index is 12.1. The summed E-state index contributed by atoms with van der Waals surface area (Å²) in [5.74, 6) is 0.0969. The lowest BCUT2D eigenvalue weighted by Gasteiger charge is -2.08. The number of aryl methyl sites for hydroxylation is 3. The fraction of sp³-hybridized carbons (Fsp3) is 0.360. The van der Waals surface area contributed by atoms with E-state index in [2.05, 4.69) is 48.1 Å². The van der Waals surface area contributed by atoms with Crippen LogP contribution in [0.4, 0.5) is 0 Å². The molecule has 2 N–H and O–H groups in total. The summed E-state index contributed by atoms with van der Waals surface area (Å²) in [5, 5.41) is 12.0. The Morgan fingerprint density at radius 3 is 2.69 bits per heavy atom. The molecule has 1 amide bonds. The first-order valence-electron chi connectivity index (χ1n) is 10.4. The van der Waals surface area contributed by atoms with Crippen LogP contribution in [0.2, 0.25) is 0 Å². The molecule has 0 aliphatic rings. The third kappa shape index (κ3) is 5.57. The molecule has 4 nitrogen and oxygen atoms in total. The number of amides is 1. The molecular weight excluding hydrogens is 358 g/mol. The van der Waals surface area contributed by atoms with Crippen molar-refractivity contribution in [3.8, 4) is 0 Å². The normalized spacial score (nSPS) is 11.0. The van der Waals surface area contributed by atoms with Crippen LogP contribution in [-0.4, -0.2) is 16.2 Å². The Labute approximate surface area is 173 Å². The highest BCUT2D eigenvalue weighted by Crippen LogP contribution is 2.22. The zero-order chi connectivity index (χ0) is 20.8. The lowest BCUT2D eigenvalue weighted by Crippen LogP contribution is -2.22. The summed E-state index contributed by atoms with van der Waals surface area (Å²) in [6.07, 6.45) is 5.76. The van der Waals surface area contributed by atoms with Crippen LogP contribution < -0.4 is 5.32 Å². The number of carbonyl (C=O) groups excluding carboxylic acids is 1. The van der Waals surface area contributed by atoms with E-state index in [1.54, 1.807) is 6.92 Å². The van der Waals surface area contributed by atoms with Gasteiger partial charge >= 0.3 is 0 Å². The first-order chi connectivity index (χ1) is 13.9. The Morgan fingerprint density at radius 2 is 1.90 bits per heavy atom. The van der Waals surface area contributed by atoms with Gasteiger partial charge in [0.15, 0.2) is 0 Å². The van der Waals surface area contributed by atoms with E-state index in [0.717, 1.165) is 36.9 Å². The minimum atomic E-state index is 0.0969. The average Bonchev–Trinajstić information content (AvgIpc) is 3.09. The number of nitrogens with zero attached hydrogens (tertiary/aromatic N) is 1. The molecule has 2 aromatic carbocycles. The highest BCUT2D eigenvalue weighted by atomic mass is 16.1. The molecule has 0 atom stereocenters. The van der Waals surface area contributed by atoms with Crippen molar-refractivity contribution >= 4 is 22.5 Å². The molecule has 0 aliphatic heterocycles. The van der Waals surface area contributed by atoms with Gasteiger partial charge in [-0.3, -0.25) is 4.79 Å². The third-order valence-electron chi connectivity index (χ3n) is 5.39. The molecule has 3 aromatic rings. The van der Waals surface area contributed by atoms with Crippen LogP contribution in [0.3, 0.4) is 0 Å². The van der Waals surface area contributed by atoms with E-state index in [4.69, 9.17) is 5.41 Å². The van der Waals surface area contributed by atoms with Gasteiger partial charge in [0, 0.05) is 42.3 Å². The third-order valence-corrected chi connectivity index (χ3v) is 5.39. The predicted octanol–water partition coefficient (Wildman–Crippen LogP) is 5.52. The van der Waals surface area contributed by atoms with Crippen LogP contribution in [0.25, 0.3) is 10.9 Å². The van der Waals surface area contributed by atoms with Gasteiger partial charge in [0.1, 0.15) is 0 Å². The molecule has 0 aliphatic carbocycles. The smallest absolute Gasteiger partial charge is 0.220 e. The second-order valence-corrected chi connectivity index (χ2v) is 7.94. The molecule has 0 unspecified atom stereocenters. The van der Waals surface area contributed by atoms with Crippen molar-refractivity contribution in [2.45, 2.75) is 59.5 Å². The van der Waals surface area contributed by atoms with E-state index < -0.39 is 0 Å². The van der Waals surface area contributed by atoms with Crippen molar-refractivity contribution in [2.24, 2.45) is 0 Å². The molecule has 4 heteroatoms. The summed E-state index contributed by atoms with van der Waals surface area (Å²) in [7, 11) is 0. The topological polar surface area (TPSA) is 57.9 Å².